The number of aromatic nitrogens is 1. The molecule has 4 nitrogen and oxygen atoms in total. The monoisotopic (exact) mass is 327 g/mol. The summed E-state index contributed by atoms with van der Waals surface area (Å²) < 4.78 is 0.940. The first-order chi connectivity index (χ1) is 8.90. The summed E-state index contributed by atoms with van der Waals surface area (Å²) in [6.45, 7) is 5.88. The summed E-state index contributed by atoms with van der Waals surface area (Å²) in [5.74, 6) is 0.591. The molecule has 0 fully saturated rings. The van der Waals surface area contributed by atoms with Crippen molar-refractivity contribution in [2.75, 3.05) is 5.32 Å². The number of amides is 1. The van der Waals surface area contributed by atoms with E-state index in [0.717, 1.165) is 29.3 Å². The minimum atomic E-state index is -0.0236. The highest BCUT2D eigenvalue weighted by atomic mass is 79.9. The van der Waals surface area contributed by atoms with Gasteiger partial charge < -0.3 is 11.1 Å². The average molecular weight is 328 g/mol. The fourth-order valence-electron chi connectivity index (χ4n) is 1.73. The molecule has 0 radical (unpaired) electrons. The molecule has 0 aliphatic rings. The van der Waals surface area contributed by atoms with Crippen LogP contribution in [0.4, 0.5) is 5.82 Å². The Balaban J connectivity index is 2.47. The Hall–Kier alpha value is -0.940. The van der Waals surface area contributed by atoms with Crippen LogP contribution in [0.1, 0.15) is 38.7 Å². The van der Waals surface area contributed by atoms with E-state index in [4.69, 9.17) is 5.73 Å². The van der Waals surface area contributed by atoms with Crippen LogP contribution in [0.5, 0.6) is 0 Å². The Labute approximate surface area is 123 Å². The van der Waals surface area contributed by atoms with Crippen molar-refractivity contribution in [3.8, 4) is 0 Å². The van der Waals surface area contributed by atoms with Gasteiger partial charge in [-0.15, -0.1) is 0 Å². The van der Waals surface area contributed by atoms with E-state index >= 15 is 0 Å². The third-order valence-corrected chi connectivity index (χ3v) is 3.87. The first kappa shape index (κ1) is 16.1. The standard InChI is InChI=1S/C14H22BrN3O/c1-9(5-4-6-11(3)16)14(19)18-13-7-10(2)12(15)8-17-13/h7-9,11H,4-6,16H2,1-3H3,(H,17,18,19). The molecule has 1 amide bonds. The largest absolute Gasteiger partial charge is 0.328 e. The van der Waals surface area contributed by atoms with Crippen molar-refractivity contribution in [1.82, 2.24) is 4.98 Å². The summed E-state index contributed by atoms with van der Waals surface area (Å²) in [5.41, 5.74) is 6.74. The van der Waals surface area contributed by atoms with Crippen LogP contribution in [0.3, 0.4) is 0 Å². The van der Waals surface area contributed by atoms with Crippen molar-refractivity contribution < 1.29 is 4.79 Å². The second-order valence-corrected chi connectivity index (χ2v) is 5.97. The summed E-state index contributed by atoms with van der Waals surface area (Å²) in [6, 6.07) is 2.06. The third-order valence-electron chi connectivity index (χ3n) is 3.04. The SMILES string of the molecule is Cc1cc(NC(=O)C(C)CCCC(C)N)ncc1Br. The minimum absolute atomic E-state index is 0.0129. The molecule has 19 heavy (non-hydrogen) atoms. The van der Waals surface area contributed by atoms with Gasteiger partial charge in [0.25, 0.3) is 0 Å². The van der Waals surface area contributed by atoms with Gasteiger partial charge in [0.05, 0.1) is 0 Å². The van der Waals surface area contributed by atoms with Gasteiger partial charge in [0.15, 0.2) is 0 Å². The Morgan fingerprint density at radius 2 is 2.16 bits per heavy atom. The van der Waals surface area contributed by atoms with Crippen molar-refractivity contribution >= 4 is 27.7 Å². The lowest BCUT2D eigenvalue weighted by atomic mass is 10.0. The summed E-state index contributed by atoms with van der Waals surface area (Å²) in [4.78, 5) is 16.2. The maximum absolute atomic E-state index is 12.0. The fraction of sp³-hybridized carbons (Fsp3) is 0.571. The van der Waals surface area contributed by atoms with Crippen molar-refractivity contribution in [1.29, 1.82) is 0 Å². The molecule has 2 atom stereocenters. The Morgan fingerprint density at radius 3 is 2.74 bits per heavy atom. The quantitative estimate of drug-likeness (QED) is 0.842. The van der Waals surface area contributed by atoms with Gasteiger partial charge in [0, 0.05) is 22.6 Å². The maximum atomic E-state index is 12.0. The molecule has 5 heteroatoms. The molecule has 3 N–H and O–H groups in total. The molecule has 1 aromatic heterocycles. The molecule has 0 spiro atoms. The molecule has 1 rings (SSSR count). The molecule has 0 aromatic carbocycles. The van der Waals surface area contributed by atoms with E-state index in [1.54, 1.807) is 6.20 Å². The molecule has 1 aromatic rings. The van der Waals surface area contributed by atoms with E-state index in [1.165, 1.54) is 0 Å². The number of pyridine rings is 1. The van der Waals surface area contributed by atoms with Gasteiger partial charge >= 0.3 is 0 Å². The molecule has 1 heterocycles. The third kappa shape index (κ3) is 5.70. The molecule has 0 saturated carbocycles. The predicted octanol–water partition coefficient (Wildman–Crippen LogP) is 3.24. The number of halogens is 1. The van der Waals surface area contributed by atoms with E-state index in [-0.39, 0.29) is 17.9 Å². The van der Waals surface area contributed by atoms with E-state index < -0.39 is 0 Å². The highest BCUT2D eigenvalue weighted by Gasteiger charge is 2.13. The number of aryl methyl sites for hydroxylation is 1. The van der Waals surface area contributed by atoms with Crippen molar-refractivity contribution in [3.05, 3.63) is 22.3 Å². The summed E-state index contributed by atoms with van der Waals surface area (Å²) in [6.07, 6.45) is 4.47. The van der Waals surface area contributed by atoms with E-state index in [0.29, 0.717) is 5.82 Å². The van der Waals surface area contributed by atoms with Crippen molar-refractivity contribution in [3.63, 3.8) is 0 Å². The lowest BCUT2D eigenvalue weighted by molar-refractivity contribution is -0.119. The van der Waals surface area contributed by atoms with E-state index in [2.05, 4.69) is 26.2 Å². The highest BCUT2D eigenvalue weighted by molar-refractivity contribution is 9.10. The molecule has 0 saturated heterocycles. The number of rotatable bonds is 6. The van der Waals surface area contributed by atoms with Crippen LogP contribution in [-0.2, 0) is 4.79 Å². The van der Waals surface area contributed by atoms with Crippen LogP contribution >= 0.6 is 15.9 Å². The zero-order valence-electron chi connectivity index (χ0n) is 11.7. The summed E-state index contributed by atoms with van der Waals surface area (Å²) in [5, 5.41) is 2.85. The normalized spacial score (nSPS) is 13.9. The van der Waals surface area contributed by atoms with Gasteiger partial charge in [-0.3, -0.25) is 4.79 Å². The highest BCUT2D eigenvalue weighted by Crippen LogP contribution is 2.18. The van der Waals surface area contributed by atoms with Crippen LogP contribution in [0, 0.1) is 12.8 Å². The first-order valence-corrected chi connectivity index (χ1v) is 7.38. The van der Waals surface area contributed by atoms with E-state index in [1.807, 2.05) is 26.8 Å². The number of anilines is 1. The topological polar surface area (TPSA) is 68.0 Å². The van der Waals surface area contributed by atoms with Crippen molar-refractivity contribution in [2.24, 2.45) is 11.7 Å². The lowest BCUT2D eigenvalue weighted by Gasteiger charge is -2.13. The Bertz CT molecular complexity index is 435. The zero-order valence-corrected chi connectivity index (χ0v) is 13.3. The van der Waals surface area contributed by atoms with Crippen LogP contribution in [0.2, 0.25) is 0 Å². The van der Waals surface area contributed by atoms with Gasteiger partial charge in [-0.25, -0.2) is 4.98 Å². The Kier molecular flexibility index (Phi) is 6.45. The molecule has 2 unspecified atom stereocenters. The number of nitrogens with zero attached hydrogens (tertiary/aromatic N) is 1. The number of nitrogens with two attached hydrogens (primary N) is 1. The second-order valence-electron chi connectivity index (χ2n) is 5.12. The molecule has 0 bridgehead atoms. The molecule has 106 valence electrons. The maximum Gasteiger partial charge on any atom is 0.228 e. The number of nitrogens with one attached hydrogen (secondary N) is 1. The van der Waals surface area contributed by atoms with Gasteiger partial charge in [-0.2, -0.15) is 0 Å². The minimum Gasteiger partial charge on any atom is -0.328 e. The predicted molar refractivity (Wildman–Crippen MR) is 82.0 cm³/mol. The smallest absolute Gasteiger partial charge is 0.228 e. The zero-order chi connectivity index (χ0) is 14.4. The number of hydrogen-bond donors (Lipinski definition) is 2. The lowest BCUT2D eigenvalue weighted by Crippen LogP contribution is -2.22. The summed E-state index contributed by atoms with van der Waals surface area (Å²) >= 11 is 3.39. The number of hydrogen-bond acceptors (Lipinski definition) is 3. The molecule has 0 aliphatic carbocycles. The van der Waals surface area contributed by atoms with Gasteiger partial charge in [-0.05, 0) is 54.2 Å². The second kappa shape index (κ2) is 7.60. The van der Waals surface area contributed by atoms with Gasteiger partial charge in [0.1, 0.15) is 5.82 Å². The molecular formula is C14H22BrN3O. The molecular weight excluding hydrogens is 306 g/mol. The Morgan fingerprint density at radius 1 is 1.47 bits per heavy atom. The van der Waals surface area contributed by atoms with E-state index in [9.17, 15) is 4.79 Å². The first-order valence-electron chi connectivity index (χ1n) is 6.58. The summed E-state index contributed by atoms with van der Waals surface area (Å²) in [7, 11) is 0. The van der Waals surface area contributed by atoms with Crippen LogP contribution in [0.25, 0.3) is 0 Å². The number of carbonyl (C=O) groups excluding carboxylic acids is 1. The molecule has 0 aliphatic heterocycles. The van der Waals surface area contributed by atoms with Crippen LogP contribution in [0.15, 0.2) is 16.7 Å². The fourth-order valence-corrected chi connectivity index (χ4v) is 1.95. The van der Waals surface area contributed by atoms with Gasteiger partial charge in [-0.1, -0.05) is 13.3 Å². The van der Waals surface area contributed by atoms with Crippen LogP contribution in [-0.4, -0.2) is 16.9 Å². The average Bonchev–Trinajstić information content (AvgIpc) is 2.33. The van der Waals surface area contributed by atoms with Gasteiger partial charge in [0.2, 0.25) is 5.91 Å². The van der Waals surface area contributed by atoms with Crippen molar-refractivity contribution in [2.45, 2.75) is 46.1 Å². The van der Waals surface area contributed by atoms with Crippen LogP contribution < -0.4 is 11.1 Å². The number of carbonyl (C=O) groups is 1.